The predicted molar refractivity (Wildman–Crippen MR) is 73.1 cm³/mol. The summed E-state index contributed by atoms with van der Waals surface area (Å²) in [6.45, 7) is 0. The fourth-order valence-electron chi connectivity index (χ4n) is 3.86. The minimum absolute atomic E-state index is 0.313. The molecule has 0 spiro atoms. The lowest BCUT2D eigenvalue weighted by molar-refractivity contribution is 0.112. The van der Waals surface area contributed by atoms with E-state index in [-0.39, 0.29) is 0 Å². The van der Waals surface area contributed by atoms with E-state index in [1.165, 1.54) is 25.7 Å². The Bertz CT molecular complexity index is 417. The van der Waals surface area contributed by atoms with Gasteiger partial charge in [0.15, 0.2) is 0 Å². The molecule has 1 aromatic heterocycles. The van der Waals surface area contributed by atoms with E-state index in [4.69, 9.17) is 5.84 Å². The maximum Gasteiger partial charge on any atom is 0.0843 e. The standard InChI is InChI=1S/C13H24N6/c1-18-8-10(16-17-18)7-13(15-14)9-5-11-3-4-12(6-9)19(11)2/h8-9,11-13,15H,3-7,14H2,1-2H3. The van der Waals surface area contributed by atoms with Gasteiger partial charge in [-0.2, -0.15) is 0 Å². The number of aryl methyl sites for hydroxylation is 1. The van der Waals surface area contributed by atoms with Crippen LogP contribution >= 0.6 is 0 Å². The van der Waals surface area contributed by atoms with Gasteiger partial charge in [-0.05, 0) is 38.6 Å². The maximum absolute atomic E-state index is 5.79. The van der Waals surface area contributed by atoms with E-state index < -0.39 is 0 Å². The molecule has 0 saturated carbocycles. The fraction of sp³-hybridized carbons (Fsp3) is 0.846. The van der Waals surface area contributed by atoms with Crippen LogP contribution in [-0.2, 0) is 13.5 Å². The van der Waals surface area contributed by atoms with Crippen molar-refractivity contribution in [1.82, 2.24) is 25.3 Å². The molecule has 0 aromatic carbocycles. The third kappa shape index (κ3) is 2.52. The van der Waals surface area contributed by atoms with Crippen molar-refractivity contribution >= 4 is 0 Å². The molecule has 2 aliphatic rings. The molecule has 0 aliphatic carbocycles. The highest BCUT2D eigenvalue weighted by Gasteiger charge is 2.40. The molecule has 19 heavy (non-hydrogen) atoms. The summed E-state index contributed by atoms with van der Waals surface area (Å²) >= 11 is 0. The molecule has 2 bridgehead atoms. The molecule has 2 saturated heterocycles. The number of fused-ring (bicyclic) bond motifs is 2. The Labute approximate surface area is 114 Å². The van der Waals surface area contributed by atoms with Crippen molar-refractivity contribution in [2.45, 2.75) is 50.2 Å². The molecule has 3 N–H and O–H groups in total. The number of hydrogen-bond donors (Lipinski definition) is 2. The minimum Gasteiger partial charge on any atom is -0.300 e. The van der Waals surface area contributed by atoms with Crippen molar-refractivity contribution in [1.29, 1.82) is 0 Å². The summed E-state index contributed by atoms with van der Waals surface area (Å²) < 4.78 is 1.75. The van der Waals surface area contributed by atoms with E-state index >= 15 is 0 Å². The summed E-state index contributed by atoms with van der Waals surface area (Å²) in [7, 11) is 4.17. The van der Waals surface area contributed by atoms with Crippen molar-refractivity contribution in [3.63, 3.8) is 0 Å². The van der Waals surface area contributed by atoms with Crippen LogP contribution in [0.25, 0.3) is 0 Å². The number of nitrogens with two attached hydrogens (primary N) is 1. The van der Waals surface area contributed by atoms with Gasteiger partial charge >= 0.3 is 0 Å². The van der Waals surface area contributed by atoms with Crippen LogP contribution in [0, 0.1) is 5.92 Å². The SMILES string of the molecule is CN1C2CCC1CC(C(Cc1cn(C)nn1)NN)C2. The van der Waals surface area contributed by atoms with E-state index in [9.17, 15) is 0 Å². The molecule has 2 aliphatic heterocycles. The molecular weight excluding hydrogens is 240 g/mol. The highest BCUT2D eigenvalue weighted by molar-refractivity contribution is 5.01. The summed E-state index contributed by atoms with van der Waals surface area (Å²) in [5, 5.41) is 8.17. The lowest BCUT2D eigenvalue weighted by Crippen LogP contribution is -2.49. The van der Waals surface area contributed by atoms with Gasteiger partial charge in [-0.25, -0.2) is 0 Å². The Kier molecular flexibility index (Phi) is 3.56. The predicted octanol–water partition coefficient (Wildman–Crippen LogP) is 0.0623. The molecule has 2 fully saturated rings. The third-order valence-electron chi connectivity index (χ3n) is 5.00. The van der Waals surface area contributed by atoms with E-state index in [0.29, 0.717) is 12.0 Å². The zero-order valence-corrected chi connectivity index (χ0v) is 11.8. The van der Waals surface area contributed by atoms with E-state index in [2.05, 4.69) is 27.7 Å². The number of hydrogen-bond acceptors (Lipinski definition) is 5. The number of hydrazine groups is 1. The van der Waals surface area contributed by atoms with Crippen LogP contribution in [0.5, 0.6) is 0 Å². The Balaban J connectivity index is 1.66. The van der Waals surface area contributed by atoms with Gasteiger partial charge in [-0.3, -0.25) is 16.0 Å². The van der Waals surface area contributed by atoms with Gasteiger partial charge in [0.2, 0.25) is 0 Å². The van der Waals surface area contributed by atoms with Gasteiger partial charge in [0, 0.05) is 37.8 Å². The Morgan fingerprint density at radius 1 is 1.37 bits per heavy atom. The number of rotatable bonds is 4. The Morgan fingerprint density at radius 3 is 2.58 bits per heavy atom. The molecule has 3 heterocycles. The molecule has 1 aromatic rings. The average molecular weight is 264 g/mol. The number of nitrogens with one attached hydrogen (secondary N) is 1. The molecule has 6 nitrogen and oxygen atoms in total. The second kappa shape index (κ2) is 5.19. The van der Waals surface area contributed by atoms with Crippen molar-refractivity contribution in [2.75, 3.05) is 7.05 Å². The second-order valence-electron chi connectivity index (χ2n) is 6.14. The minimum atomic E-state index is 0.313. The molecule has 3 unspecified atom stereocenters. The Morgan fingerprint density at radius 2 is 2.05 bits per heavy atom. The molecule has 3 rings (SSSR count). The fourth-order valence-corrected chi connectivity index (χ4v) is 3.86. The number of aromatic nitrogens is 3. The number of nitrogens with zero attached hydrogens (tertiary/aromatic N) is 4. The van der Waals surface area contributed by atoms with Gasteiger partial charge in [-0.15, -0.1) is 5.10 Å². The topological polar surface area (TPSA) is 72.0 Å². The first-order chi connectivity index (χ1) is 9.17. The van der Waals surface area contributed by atoms with Crippen LogP contribution in [0.1, 0.15) is 31.4 Å². The smallest absolute Gasteiger partial charge is 0.0843 e. The van der Waals surface area contributed by atoms with Crippen LogP contribution in [0.2, 0.25) is 0 Å². The summed E-state index contributed by atoms with van der Waals surface area (Å²) in [4.78, 5) is 2.56. The number of piperidine rings is 1. The lowest BCUT2D eigenvalue weighted by atomic mass is 9.83. The lowest BCUT2D eigenvalue weighted by Gasteiger charge is -2.39. The van der Waals surface area contributed by atoms with Crippen LogP contribution in [0.3, 0.4) is 0 Å². The van der Waals surface area contributed by atoms with E-state index in [0.717, 1.165) is 24.2 Å². The van der Waals surface area contributed by atoms with Gasteiger partial charge in [0.1, 0.15) is 0 Å². The zero-order chi connectivity index (χ0) is 13.4. The second-order valence-corrected chi connectivity index (χ2v) is 6.14. The average Bonchev–Trinajstić information content (AvgIpc) is 2.87. The van der Waals surface area contributed by atoms with E-state index in [1.54, 1.807) is 4.68 Å². The van der Waals surface area contributed by atoms with Crippen LogP contribution in [-0.4, -0.2) is 45.1 Å². The molecule has 6 heteroatoms. The molecule has 106 valence electrons. The van der Waals surface area contributed by atoms with Gasteiger partial charge in [-0.1, -0.05) is 5.21 Å². The largest absolute Gasteiger partial charge is 0.300 e. The zero-order valence-electron chi connectivity index (χ0n) is 11.8. The van der Waals surface area contributed by atoms with Gasteiger partial charge in [0.25, 0.3) is 0 Å². The monoisotopic (exact) mass is 264 g/mol. The van der Waals surface area contributed by atoms with Crippen molar-refractivity contribution in [3.05, 3.63) is 11.9 Å². The summed E-state index contributed by atoms with van der Waals surface area (Å²) in [5.41, 5.74) is 4.04. The molecule has 0 amide bonds. The van der Waals surface area contributed by atoms with Gasteiger partial charge < -0.3 is 4.90 Å². The third-order valence-corrected chi connectivity index (χ3v) is 5.00. The van der Waals surface area contributed by atoms with Gasteiger partial charge in [0.05, 0.1) is 5.69 Å². The van der Waals surface area contributed by atoms with Crippen molar-refractivity contribution < 1.29 is 0 Å². The van der Waals surface area contributed by atoms with E-state index in [1.807, 2.05) is 13.2 Å². The highest BCUT2D eigenvalue weighted by Crippen LogP contribution is 2.39. The summed E-state index contributed by atoms with van der Waals surface area (Å²) in [5.74, 6) is 6.44. The molecule has 0 radical (unpaired) electrons. The summed E-state index contributed by atoms with van der Waals surface area (Å²) in [6, 6.07) is 1.82. The first-order valence-corrected chi connectivity index (χ1v) is 7.20. The molecule has 3 atom stereocenters. The first-order valence-electron chi connectivity index (χ1n) is 7.20. The molecular formula is C13H24N6. The summed E-state index contributed by atoms with van der Waals surface area (Å²) in [6.07, 6.45) is 8.05. The first kappa shape index (κ1) is 13.0. The van der Waals surface area contributed by atoms with Crippen LogP contribution < -0.4 is 11.3 Å². The normalized spacial score (nSPS) is 32.7. The van der Waals surface area contributed by atoms with Crippen molar-refractivity contribution in [2.24, 2.45) is 18.8 Å². The Hall–Kier alpha value is -0.980. The maximum atomic E-state index is 5.79. The van der Waals surface area contributed by atoms with Crippen molar-refractivity contribution in [3.8, 4) is 0 Å². The highest BCUT2D eigenvalue weighted by atomic mass is 15.4. The quantitative estimate of drug-likeness (QED) is 0.594. The van der Waals surface area contributed by atoms with Crippen LogP contribution in [0.4, 0.5) is 0 Å². The van der Waals surface area contributed by atoms with Crippen LogP contribution in [0.15, 0.2) is 6.20 Å².